The van der Waals surface area contributed by atoms with Gasteiger partial charge in [0, 0.05) is 0 Å². The van der Waals surface area contributed by atoms with Gasteiger partial charge in [0.2, 0.25) is 0 Å². The predicted molar refractivity (Wildman–Crippen MR) is 67.0 cm³/mol. The SMILES string of the molecule is CCC(CC)CNCCc1ccc(F)cc1. The lowest BCUT2D eigenvalue weighted by molar-refractivity contribution is 0.452. The van der Waals surface area contributed by atoms with Gasteiger partial charge >= 0.3 is 0 Å². The number of rotatable bonds is 7. The molecular weight excluding hydrogens is 201 g/mol. The van der Waals surface area contributed by atoms with Crippen LogP contribution in [-0.4, -0.2) is 13.1 Å². The second-order valence-corrected chi connectivity index (χ2v) is 4.26. The van der Waals surface area contributed by atoms with Gasteiger partial charge < -0.3 is 5.32 Å². The molecule has 0 aromatic heterocycles. The average Bonchev–Trinajstić information content (AvgIpc) is 2.32. The molecule has 0 atom stereocenters. The molecule has 1 N–H and O–H groups in total. The number of hydrogen-bond acceptors (Lipinski definition) is 1. The zero-order valence-corrected chi connectivity index (χ0v) is 10.3. The van der Waals surface area contributed by atoms with Gasteiger partial charge in [0.15, 0.2) is 0 Å². The van der Waals surface area contributed by atoms with Crippen molar-refractivity contribution in [3.63, 3.8) is 0 Å². The van der Waals surface area contributed by atoms with E-state index >= 15 is 0 Å². The maximum atomic E-state index is 12.7. The van der Waals surface area contributed by atoms with Crippen LogP contribution >= 0.6 is 0 Å². The van der Waals surface area contributed by atoms with Gasteiger partial charge in [0.25, 0.3) is 0 Å². The molecule has 0 amide bonds. The predicted octanol–water partition coefficient (Wildman–Crippen LogP) is 3.39. The molecule has 0 bridgehead atoms. The Labute approximate surface area is 98.1 Å². The van der Waals surface area contributed by atoms with E-state index in [1.807, 2.05) is 12.1 Å². The fourth-order valence-corrected chi connectivity index (χ4v) is 1.77. The Morgan fingerprint density at radius 3 is 2.31 bits per heavy atom. The van der Waals surface area contributed by atoms with Crippen molar-refractivity contribution in [1.82, 2.24) is 5.32 Å². The Bertz CT molecular complexity index is 277. The lowest BCUT2D eigenvalue weighted by Gasteiger charge is -2.13. The quantitative estimate of drug-likeness (QED) is 0.699. The van der Waals surface area contributed by atoms with E-state index in [-0.39, 0.29) is 5.82 Å². The minimum Gasteiger partial charge on any atom is -0.316 e. The summed E-state index contributed by atoms with van der Waals surface area (Å²) in [6, 6.07) is 6.76. The molecule has 0 unspecified atom stereocenters. The summed E-state index contributed by atoms with van der Waals surface area (Å²) in [5.74, 6) is 0.627. The van der Waals surface area contributed by atoms with Crippen LogP contribution in [-0.2, 0) is 6.42 Å². The van der Waals surface area contributed by atoms with E-state index in [0.29, 0.717) is 0 Å². The van der Waals surface area contributed by atoms with Gasteiger partial charge in [-0.05, 0) is 43.1 Å². The van der Waals surface area contributed by atoms with Crippen LogP contribution in [0.15, 0.2) is 24.3 Å². The molecule has 1 aromatic carbocycles. The van der Waals surface area contributed by atoms with Gasteiger partial charge in [-0.3, -0.25) is 0 Å². The van der Waals surface area contributed by atoms with Gasteiger partial charge in [-0.2, -0.15) is 0 Å². The molecule has 0 spiro atoms. The summed E-state index contributed by atoms with van der Waals surface area (Å²) in [6.07, 6.45) is 3.44. The highest BCUT2D eigenvalue weighted by Gasteiger charge is 2.01. The Morgan fingerprint density at radius 1 is 1.12 bits per heavy atom. The summed E-state index contributed by atoms with van der Waals surface area (Å²) in [5, 5.41) is 3.46. The van der Waals surface area contributed by atoms with Crippen LogP contribution in [0, 0.1) is 11.7 Å². The molecule has 0 aliphatic rings. The summed E-state index contributed by atoms with van der Waals surface area (Å²) < 4.78 is 12.7. The van der Waals surface area contributed by atoms with Gasteiger partial charge in [-0.1, -0.05) is 38.8 Å². The molecule has 16 heavy (non-hydrogen) atoms. The Kier molecular flexibility index (Phi) is 6.09. The second kappa shape index (κ2) is 7.39. The zero-order valence-electron chi connectivity index (χ0n) is 10.3. The van der Waals surface area contributed by atoms with E-state index in [1.165, 1.54) is 30.5 Å². The summed E-state index contributed by atoms with van der Waals surface area (Å²) >= 11 is 0. The van der Waals surface area contributed by atoms with Crippen molar-refractivity contribution in [1.29, 1.82) is 0 Å². The highest BCUT2D eigenvalue weighted by molar-refractivity contribution is 5.16. The minimum atomic E-state index is -0.159. The standard InChI is InChI=1S/C14H22FN/c1-3-12(4-2)11-16-10-9-13-5-7-14(15)8-6-13/h5-8,12,16H,3-4,9-11H2,1-2H3. The first kappa shape index (κ1) is 13.2. The van der Waals surface area contributed by atoms with Crippen LogP contribution in [0.4, 0.5) is 4.39 Å². The van der Waals surface area contributed by atoms with E-state index in [4.69, 9.17) is 0 Å². The minimum absolute atomic E-state index is 0.159. The zero-order chi connectivity index (χ0) is 11.8. The molecule has 1 nitrogen and oxygen atoms in total. The highest BCUT2D eigenvalue weighted by atomic mass is 19.1. The molecule has 0 radical (unpaired) electrons. The van der Waals surface area contributed by atoms with Crippen LogP contribution in [0.5, 0.6) is 0 Å². The Morgan fingerprint density at radius 2 is 1.75 bits per heavy atom. The molecular formula is C14H22FN. The molecule has 0 aliphatic carbocycles. The fourth-order valence-electron chi connectivity index (χ4n) is 1.77. The number of benzene rings is 1. The molecule has 0 heterocycles. The Hall–Kier alpha value is -0.890. The smallest absolute Gasteiger partial charge is 0.123 e. The third-order valence-electron chi connectivity index (χ3n) is 3.09. The molecule has 0 saturated heterocycles. The summed E-state index contributed by atoms with van der Waals surface area (Å²) in [4.78, 5) is 0. The topological polar surface area (TPSA) is 12.0 Å². The van der Waals surface area contributed by atoms with Crippen molar-refractivity contribution < 1.29 is 4.39 Å². The van der Waals surface area contributed by atoms with Crippen molar-refractivity contribution in [3.8, 4) is 0 Å². The second-order valence-electron chi connectivity index (χ2n) is 4.26. The van der Waals surface area contributed by atoms with Crippen LogP contribution in [0.2, 0.25) is 0 Å². The van der Waals surface area contributed by atoms with E-state index in [1.54, 1.807) is 0 Å². The monoisotopic (exact) mass is 223 g/mol. The van der Waals surface area contributed by atoms with Crippen molar-refractivity contribution in [2.24, 2.45) is 5.92 Å². The largest absolute Gasteiger partial charge is 0.316 e. The number of halogens is 1. The summed E-state index contributed by atoms with van der Waals surface area (Å²) in [7, 11) is 0. The van der Waals surface area contributed by atoms with Crippen LogP contribution in [0.25, 0.3) is 0 Å². The van der Waals surface area contributed by atoms with Gasteiger partial charge in [-0.15, -0.1) is 0 Å². The molecule has 0 fully saturated rings. The van der Waals surface area contributed by atoms with Crippen LogP contribution in [0.3, 0.4) is 0 Å². The molecule has 0 saturated carbocycles. The maximum absolute atomic E-state index is 12.7. The molecule has 1 rings (SSSR count). The first-order valence-corrected chi connectivity index (χ1v) is 6.21. The van der Waals surface area contributed by atoms with E-state index in [9.17, 15) is 4.39 Å². The Balaban J connectivity index is 2.18. The molecule has 1 aromatic rings. The summed E-state index contributed by atoms with van der Waals surface area (Å²) in [6.45, 7) is 6.53. The van der Waals surface area contributed by atoms with Crippen molar-refractivity contribution in [2.45, 2.75) is 33.1 Å². The lowest BCUT2D eigenvalue weighted by Crippen LogP contribution is -2.24. The molecule has 90 valence electrons. The summed E-state index contributed by atoms with van der Waals surface area (Å²) in [5.41, 5.74) is 1.19. The number of hydrogen-bond donors (Lipinski definition) is 1. The van der Waals surface area contributed by atoms with Gasteiger partial charge in [0.05, 0.1) is 0 Å². The fraction of sp³-hybridized carbons (Fsp3) is 0.571. The molecule has 0 aliphatic heterocycles. The molecule has 2 heteroatoms. The van der Waals surface area contributed by atoms with Crippen LogP contribution in [0.1, 0.15) is 32.3 Å². The van der Waals surface area contributed by atoms with Crippen molar-refractivity contribution >= 4 is 0 Å². The third-order valence-corrected chi connectivity index (χ3v) is 3.09. The van der Waals surface area contributed by atoms with Crippen molar-refractivity contribution in [2.75, 3.05) is 13.1 Å². The maximum Gasteiger partial charge on any atom is 0.123 e. The van der Waals surface area contributed by atoms with E-state index in [0.717, 1.165) is 25.4 Å². The first-order chi connectivity index (χ1) is 7.76. The van der Waals surface area contributed by atoms with Crippen molar-refractivity contribution in [3.05, 3.63) is 35.6 Å². The first-order valence-electron chi connectivity index (χ1n) is 6.21. The average molecular weight is 223 g/mol. The normalized spacial score (nSPS) is 11.0. The third kappa shape index (κ3) is 4.75. The van der Waals surface area contributed by atoms with Gasteiger partial charge in [0.1, 0.15) is 5.82 Å². The van der Waals surface area contributed by atoms with Gasteiger partial charge in [-0.25, -0.2) is 4.39 Å². The van der Waals surface area contributed by atoms with E-state index < -0.39 is 0 Å². The van der Waals surface area contributed by atoms with E-state index in [2.05, 4.69) is 19.2 Å². The van der Waals surface area contributed by atoms with Crippen LogP contribution < -0.4 is 5.32 Å². The lowest BCUT2D eigenvalue weighted by atomic mass is 10.0. The number of nitrogens with one attached hydrogen (secondary N) is 1. The highest BCUT2D eigenvalue weighted by Crippen LogP contribution is 2.06.